The van der Waals surface area contributed by atoms with Crippen molar-refractivity contribution in [1.29, 1.82) is 0 Å². The summed E-state index contributed by atoms with van der Waals surface area (Å²) in [7, 11) is 0. The first-order valence-electron chi connectivity index (χ1n) is 22.2. The Morgan fingerprint density at radius 1 is 0.629 bits per heavy atom. The van der Waals surface area contributed by atoms with Crippen LogP contribution in [0.3, 0.4) is 0 Å². The molecule has 3 saturated heterocycles. The molecule has 3 aliphatic rings. The molecule has 0 spiro atoms. The Morgan fingerprint density at radius 2 is 1.10 bits per heavy atom. The topological polar surface area (TPSA) is 195 Å². The fourth-order valence-electron chi connectivity index (χ4n) is 7.66. The van der Waals surface area contributed by atoms with Crippen LogP contribution in [0, 0.1) is 11.8 Å². The molecule has 16 nitrogen and oxygen atoms in total. The number of epoxide rings is 1. The van der Waals surface area contributed by atoms with Crippen molar-refractivity contribution in [3.63, 3.8) is 0 Å². The van der Waals surface area contributed by atoms with Crippen LogP contribution in [0.25, 0.3) is 0 Å². The van der Waals surface area contributed by atoms with Gasteiger partial charge in [0.15, 0.2) is 0 Å². The minimum absolute atomic E-state index is 0.00179. The van der Waals surface area contributed by atoms with Crippen molar-refractivity contribution in [2.24, 2.45) is 16.9 Å². The highest BCUT2D eigenvalue weighted by Crippen LogP contribution is 2.31. The van der Waals surface area contributed by atoms with Crippen molar-refractivity contribution in [2.75, 3.05) is 72.3 Å². The molecule has 62 heavy (non-hydrogen) atoms. The molecule has 0 radical (unpaired) electrons. The Labute approximate surface area is 366 Å². The Balaban J connectivity index is 1.34. The van der Waals surface area contributed by atoms with E-state index in [1.54, 1.807) is 0 Å². The third kappa shape index (κ3) is 16.2. The van der Waals surface area contributed by atoms with Gasteiger partial charge in [-0.3, -0.25) is 33.8 Å². The van der Waals surface area contributed by atoms with E-state index in [4.69, 9.17) is 14.2 Å². The minimum atomic E-state index is -1.04. The van der Waals surface area contributed by atoms with E-state index in [9.17, 15) is 24.0 Å². The standard InChI is InChI=1S/C46H68N8O8/c1-32(2)26-37(42(46(5)31-62-46)52-51-41(56)30-54-20-24-61-25-21-54)48-45(59)39(28-35-14-10-7-11-15-35)50-44(58)38(27-33(3)4)49-43(57)36(17-16-34-12-8-6-9-13-34)47-40(55)29-53-18-22-60-23-19-53/h6-15,32-33,36-39H,16-31H2,1-5H3,(H,47,55)(H,48,59)(H,49,57)(H,50,58)(H,51,56)/b52-42-/t36-,37-,38-,39-,46+/m0/s1. The van der Waals surface area contributed by atoms with Gasteiger partial charge in [-0.05, 0) is 55.6 Å². The third-order valence-corrected chi connectivity index (χ3v) is 11.2. The molecule has 16 heteroatoms. The smallest absolute Gasteiger partial charge is 0.254 e. The first-order chi connectivity index (χ1) is 29.8. The average molecular weight is 861 g/mol. The Bertz CT molecular complexity index is 1780. The van der Waals surface area contributed by atoms with Crippen LogP contribution in [0.5, 0.6) is 0 Å². The van der Waals surface area contributed by atoms with Crippen LogP contribution in [0.15, 0.2) is 65.8 Å². The van der Waals surface area contributed by atoms with Gasteiger partial charge in [0.1, 0.15) is 23.7 Å². The zero-order valence-corrected chi connectivity index (χ0v) is 37.2. The van der Waals surface area contributed by atoms with Gasteiger partial charge < -0.3 is 35.5 Å². The van der Waals surface area contributed by atoms with E-state index in [0.29, 0.717) is 84.2 Å². The quantitative estimate of drug-likeness (QED) is 0.0626. The maximum absolute atomic E-state index is 14.5. The predicted octanol–water partition coefficient (Wildman–Crippen LogP) is 1.82. The summed E-state index contributed by atoms with van der Waals surface area (Å²) in [6.07, 6.45) is 1.79. The highest BCUT2D eigenvalue weighted by Gasteiger charge is 2.49. The Hall–Kier alpha value is -4.74. The van der Waals surface area contributed by atoms with Crippen LogP contribution >= 0.6 is 0 Å². The third-order valence-electron chi connectivity index (χ3n) is 11.2. The van der Waals surface area contributed by atoms with E-state index in [2.05, 4.69) is 31.8 Å². The van der Waals surface area contributed by atoms with E-state index in [0.717, 1.165) is 11.1 Å². The number of nitrogens with zero attached hydrogens (tertiary/aromatic N) is 3. The zero-order chi connectivity index (χ0) is 44.5. The van der Waals surface area contributed by atoms with Crippen LogP contribution in [-0.2, 0) is 51.0 Å². The molecule has 5 amide bonds. The molecule has 5 N–H and O–H groups in total. The number of carbonyl (C=O) groups is 5. The second-order valence-electron chi connectivity index (χ2n) is 17.6. The summed E-state index contributed by atoms with van der Waals surface area (Å²) in [4.78, 5) is 73.4. The van der Waals surface area contributed by atoms with Crippen molar-refractivity contribution in [1.82, 2.24) is 36.5 Å². The van der Waals surface area contributed by atoms with Gasteiger partial charge in [0.05, 0.1) is 57.9 Å². The van der Waals surface area contributed by atoms with Gasteiger partial charge in [-0.25, -0.2) is 5.43 Å². The largest absolute Gasteiger partial charge is 0.379 e. The molecule has 3 fully saturated rings. The summed E-state index contributed by atoms with van der Waals surface area (Å²) < 4.78 is 16.7. The second-order valence-corrected chi connectivity index (χ2v) is 17.6. The number of hydrogen-bond donors (Lipinski definition) is 5. The number of nitrogens with one attached hydrogen (secondary N) is 5. The van der Waals surface area contributed by atoms with Crippen molar-refractivity contribution in [2.45, 2.75) is 96.5 Å². The lowest BCUT2D eigenvalue weighted by atomic mass is 9.92. The normalized spacial score (nSPS) is 20.4. The summed E-state index contributed by atoms with van der Waals surface area (Å²) >= 11 is 0. The summed E-state index contributed by atoms with van der Waals surface area (Å²) in [5, 5.41) is 16.6. The highest BCUT2D eigenvalue weighted by molar-refractivity contribution is 6.02. The molecule has 5 atom stereocenters. The zero-order valence-electron chi connectivity index (χ0n) is 37.2. The molecule has 5 rings (SSSR count). The monoisotopic (exact) mass is 861 g/mol. The SMILES string of the molecule is CC(C)C[C@H](NC(=O)[C@H](CCc1ccccc1)NC(=O)CN1CCOCC1)C(=O)N[C@@H](Cc1ccccc1)C(=O)N[C@@H](CC(C)C)/C(=N/NC(=O)CN1CCOCC1)[C@@]1(C)CO1. The number of benzene rings is 2. The molecule has 0 unspecified atom stereocenters. The predicted molar refractivity (Wildman–Crippen MR) is 236 cm³/mol. The Kier molecular flexibility index (Phi) is 18.8. The maximum atomic E-state index is 14.5. The fourth-order valence-corrected chi connectivity index (χ4v) is 7.66. The lowest BCUT2D eigenvalue weighted by molar-refractivity contribution is -0.134. The first-order valence-corrected chi connectivity index (χ1v) is 22.2. The second kappa shape index (κ2) is 24.2. The van der Waals surface area contributed by atoms with E-state index >= 15 is 0 Å². The molecule has 0 aliphatic carbocycles. The highest BCUT2D eigenvalue weighted by atomic mass is 16.6. The molecular weight excluding hydrogens is 793 g/mol. The van der Waals surface area contributed by atoms with Crippen molar-refractivity contribution >= 4 is 35.2 Å². The molecular formula is C46H68N8O8. The molecule has 3 heterocycles. The van der Waals surface area contributed by atoms with Gasteiger partial charge in [0.2, 0.25) is 23.6 Å². The number of morpholine rings is 2. The van der Waals surface area contributed by atoms with Gasteiger partial charge in [-0.2, -0.15) is 5.10 Å². The van der Waals surface area contributed by atoms with E-state index < -0.39 is 47.5 Å². The number of hydrazone groups is 1. The van der Waals surface area contributed by atoms with Crippen molar-refractivity contribution < 1.29 is 38.2 Å². The van der Waals surface area contributed by atoms with E-state index in [1.807, 2.05) is 105 Å². The van der Waals surface area contributed by atoms with Crippen LogP contribution in [0.1, 0.15) is 65.0 Å². The van der Waals surface area contributed by atoms with Crippen LogP contribution in [0.2, 0.25) is 0 Å². The minimum Gasteiger partial charge on any atom is -0.379 e. The number of carbonyl (C=O) groups excluding carboxylic acids is 5. The van der Waals surface area contributed by atoms with E-state index in [1.165, 1.54) is 0 Å². The molecule has 0 bridgehead atoms. The lowest BCUT2D eigenvalue weighted by Gasteiger charge is -2.29. The van der Waals surface area contributed by atoms with E-state index in [-0.39, 0.29) is 49.6 Å². The van der Waals surface area contributed by atoms with Gasteiger partial charge in [-0.1, -0.05) is 88.4 Å². The molecule has 340 valence electrons. The van der Waals surface area contributed by atoms with Crippen LogP contribution in [0.4, 0.5) is 0 Å². The van der Waals surface area contributed by atoms with Crippen LogP contribution < -0.4 is 26.7 Å². The fraction of sp³-hybridized carbons (Fsp3) is 0.609. The first kappa shape index (κ1) is 48.3. The summed E-state index contributed by atoms with van der Waals surface area (Å²) in [6.45, 7) is 15.2. The number of rotatable bonds is 23. The molecule has 0 saturated carbocycles. The molecule has 0 aromatic heterocycles. The summed E-state index contributed by atoms with van der Waals surface area (Å²) in [6, 6.07) is 15.5. The lowest BCUT2D eigenvalue weighted by Crippen LogP contribution is -2.59. The number of aryl methyl sites for hydroxylation is 1. The van der Waals surface area contributed by atoms with Crippen molar-refractivity contribution in [3.8, 4) is 0 Å². The number of amides is 5. The average Bonchev–Trinajstić information content (AvgIpc) is 4.00. The number of hydrogen-bond acceptors (Lipinski definition) is 11. The molecule has 3 aliphatic heterocycles. The van der Waals surface area contributed by atoms with Gasteiger partial charge in [0.25, 0.3) is 5.91 Å². The van der Waals surface area contributed by atoms with Gasteiger partial charge in [-0.15, -0.1) is 0 Å². The summed E-state index contributed by atoms with van der Waals surface area (Å²) in [5.74, 6) is -1.90. The van der Waals surface area contributed by atoms with Crippen molar-refractivity contribution in [3.05, 3.63) is 71.8 Å². The molecule has 2 aromatic rings. The number of ether oxygens (including phenoxy) is 3. The maximum Gasteiger partial charge on any atom is 0.254 e. The van der Waals surface area contributed by atoms with Gasteiger partial charge >= 0.3 is 0 Å². The Morgan fingerprint density at radius 3 is 1.65 bits per heavy atom. The van der Waals surface area contributed by atoms with Crippen LogP contribution in [-0.4, -0.2) is 147 Å². The van der Waals surface area contributed by atoms with Gasteiger partial charge in [0, 0.05) is 32.6 Å². The molecule has 2 aromatic carbocycles. The summed E-state index contributed by atoms with van der Waals surface area (Å²) in [5.41, 5.74) is 4.24.